The maximum absolute atomic E-state index is 13.5. The number of rotatable bonds is 4. The van der Waals surface area contributed by atoms with E-state index in [1.54, 1.807) is 5.38 Å². The Hall–Kier alpha value is -1.40. The summed E-state index contributed by atoms with van der Waals surface area (Å²) in [6, 6.07) is 2.09. The number of thiazole rings is 1. The number of hydrogen-bond acceptors (Lipinski definition) is 3. The second-order valence-corrected chi connectivity index (χ2v) is 4.62. The number of nitrogens with zero attached hydrogens (tertiary/aromatic N) is 1. The average Bonchev–Trinajstić information content (AvgIpc) is 2.82. The topological polar surface area (TPSA) is 38.9 Å². The molecule has 6 heteroatoms. The van der Waals surface area contributed by atoms with Crippen LogP contribution in [0.2, 0.25) is 0 Å². The molecule has 0 bridgehead atoms. The zero-order valence-electron chi connectivity index (χ0n) is 9.42. The Morgan fingerprint density at radius 3 is 2.67 bits per heavy atom. The first-order valence-corrected chi connectivity index (χ1v) is 6.29. The van der Waals surface area contributed by atoms with E-state index in [4.69, 9.17) is 5.73 Å². The summed E-state index contributed by atoms with van der Waals surface area (Å²) in [6.45, 7) is 0.548. The summed E-state index contributed by atoms with van der Waals surface area (Å²) in [5, 5.41) is 2.12. The molecule has 2 nitrogen and oxygen atoms in total. The fraction of sp³-hybridized carbons (Fsp3) is 0.250. The van der Waals surface area contributed by atoms with Crippen molar-refractivity contribution in [2.45, 2.75) is 12.8 Å². The highest BCUT2D eigenvalue weighted by Gasteiger charge is 2.16. The average molecular weight is 272 g/mol. The first-order valence-electron chi connectivity index (χ1n) is 5.42. The Balaban J connectivity index is 2.31. The lowest BCUT2D eigenvalue weighted by Gasteiger charge is -2.01. The number of hydrogen-bond donors (Lipinski definition) is 1. The van der Waals surface area contributed by atoms with Crippen LogP contribution in [0.4, 0.5) is 13.2 Å². The Bertz CT molecular complexity index is 554. The molecule has 0 fully saturated rings. The van der Waals surface area contributed by atoms with Gasteiger partial charge >= 0.3 is 0 Å². The summed E-state index contributed by atoms with van der Waals surface area (Å²) in [5.74, 6) is -3.86. The van der Waals surface area contributed by atoms with E-state index >= 15 is 0 Å². The molecule has 1 aromatic heterocycles. The van der Waals surface area contributed by atoms with Gasteiger partial charge in [-0.15, -0.1) is 11.3 Å². The van der Waals surface area contributed by atoms with Gasteiger partial charge in [0.15, 0.2) is 17.5 Å². The van der Waals surface area contributed by atoms with Crippen molar-refractivity contribution in [2.24, 2.45) is 5.73 Å². The van der Waals surface area contributed by atoms with Crippen molar-refractivity contribution in [2.75, 3.05) is 6.54 Å². The molecule has 0 aliphatic carbocycles. The van der Waals surface area contributed by atoms with Gasteiger partial charge in [-0.1, -0.05) is 0 Å². The van der Waals surface area contributed by atoms with Crippen LogP contribution in [0.25, 0.3) is 10.6 Å². The lowest BCUT2D eigenvalue weighted by molar-refractivity contribution is 0.449. The fourth-order valence-electron chi connectivity index (χ4n) is 1.52. The zero-order chi connectivity index (χ0) is 13.1. The SMILES string of the molecule is NCCCc1csc(-c2ccc(F)c(F)c2F)n1. The number of nitrogens with two attached hydrogens (primary N) is 1. The summed E-state index contributed by atoms with van der Waals surface area (Å²) in [5.41, 5.74) is 6.15. The second kappa shape index (κ2) is 5.49. The quantitative estimate of drug-likeness (QED) is 0.868. The third kappa shape index (κ3) is 2.54. The van der Waals surface area contributed by atoms with Gasteiger partial charge in [0, 0.05) is 10.9 Å². The lowest BCUT2D eigenvalue weighted by atomic mass is 10.2. The molecule has 0 aliphatic rings. The molecule has 2 rings (SSSR count). The molecule has 18 heavy (non-hydrogen) atoms. The third-order valence-corrected chi connectivity index (χ3v) is 3.38. The first kappa shape index (κ1) is 13.0. The molecule has 96 valence electrons. The van der Waals surface area contributed by atoms with Gasteiger partial charge in [0.1, 0.15) is 5.01 Å². The van der Waals surface area contributed by atoms with Crippen molar-refractivity contribution in [3.63, 3.8) is 0 Å². The highest BCUT2D eigenvalue weighted by atomic mass is 32.1. The van der Waals surface area contributed by atoms with Gasteiger partial charge in [0.05, 0.1) is 5.69 Å². The van der Waals surface area contributed by atoms with Crippen LogP contribution in [0.3, 0.4) is 0 Å². The molecule has 0 radical (unpaired) electrons. The predicted octanol–water partition coefficient (Wildman–Crippen LogP) is 3.12. The van der Waals surface area contributed by atoms with Crippen LogP contribution < -0.4 is 5.73 Å². The van der Waals surface area contributed by atoms with E-state index < -0.39 is 17.5 Å². The normalized spacial score (nSPS) is 10.9. The van der Waals surface area contributed by atoms with Crippen molar-refractivity contribution >= 4 is 11.3 Å². The van der Waals surface area contributed by atoms with E-state index in [0.717, 1.165) is 18.2 Å². The molecule has 1 heterocycles. The molecule has 2 N–H and O–H groups in total. The lowest BCUT2D eigenvalue weighted by Crippen LogP contribution is -2.00. The largest absolute Gasteiger partial charge is 0.330 e. The first-order chi connectivity index (χ1) is 8.63. The van der Waals surface area contributed by atoms with E-state index in [-0.39, 0.29) is 5.56 Å². The Morgan fingerprint density at radius 2 is 1.94 bits per heavy atom. The van der Waals surface area contributed by atoms with Crippen LogP contribution in [0.15, 0.2) is 17.5 Å². The smallest absolute Gasteiger partial charge is 0.195 e. The van der Waals surface area contributed by atoms with E-state index in [0.29, 0.717) is 18.0 Å². The molecule has 0 unspecified atom stereocenters. The van der Waals surface area contributed by atoms with Crippen molar-refractivity contribution in [3.8, 4) is 10.6 Å². The number of benzene rings is 1. The molecular weight excluding hydrogens is 261 g/mol. The Labute approximate surface area is 106 Å². The Kier molecular flexibility index (Phi) is 3.98. The van der Waals surface area contributed by atoms with E-state index in [1.807, 2.05) is 0 Å². The van der Waals surface area contributed by atoms with Crippen LogP contribution in [0.1, 0.15) is 12.1 Å². The fourth-order valence-corrected chi connectivity index (χ4v) is 2.39. The van der Waals surface area contributed by atoms with Crippen LogP contribution in [0.5, 0.6) is 0 Å². The van der Waals surface area contributed by atoms with Crippen LogP contribution in [-0.2, 0) is 6.42 Å². The molecule has 0 amide bonds. The van der Waals surface area contributed by atoms with Gasteiger partial charge in [-0.25, -0.2) is 18.2 Å². The number of aromatic nitrogens is 1. The van der Waals surface area contributed by atoms with Crippen LogP contribution in [-0.4, -0.2) is 11.5 Å². The van der Waals surface area contributed by atoms with Crippen molar-refractivity contribution in [3.05, 3.63) is 40.7 Å². The number of aryl methyl sites for hydroxylation is 1. The van der Waals surface area contributed by atoms with E-state index in [2.05, 4.69) is 4.98 Å². The molecule has 0 atom stereocenters. The van der Waals surface area contributed by atoms with Gasteiger partial charge in [-0.3, -0.25) is 0 Å². The van der Waals surface area contributed by atoms with Crippen LogP contribution in [0, 0.1) is 17.5 Å². The van der Waals surface area contributed by atoms with Crippen molar-refractivity contribution in [1.82, 2.24) is 4.98 Å². The molecular formula is C12H11F3N2S. The standard InChI is InChI=1S/C12H11F3N2S/c13-9-4-3-8(10(14)11(9)15)12-17-7(6-18-12)2-1-5-16/h3-4,6H,1-2,5,16H2. The van der Waals surface area contributed by atoms with Gasteiger partial charge in [0.25, 0.3) is 0 Å². The minimum absolute atomic E-state index is 0.0158. The molecule has 2 aromatic rings. The van der Waals surface area contributed by atoms with E-state index in [1.165, 1.54) is 17.4 Å². The maximum atomic E-state index is 13.5. The predicted molar refractivity (Wildman–Crippen MR) is 64.8 cm³/mol. The van der Waals surface area contributed by atoms with Crippen molar-refractivity contribution < 1.29 is 13.2 Å². The number of halogens is 3. The zero-order valence-corrected chi connectivity index (χ0v) is 10.2. The summed E-state index contributed by atoms with van der Waals surface area (Å²) >= 11 is 1.20. The van der Waals surface area contributed by atoms with Crippen LogP contribution >= 0.6 is 11.3 Å². The summed E-state index contributed by atoms with van der Waals surface area (Å²) in [4.78, 5) is 4.18. The maximum Gasteiger partial charge on any atom is 0.195 e. The summed E-state index contributed by atoms with van der Waals surface area (Å²) in [7, 11) is 0. The van der Waals surface area contributed by atoms with Gasteiger partial charge < -0.3 is 5.73 Å². The highest BCUT2D eigenvalue weighted by molar-refractivity contribution is 7.13. The molecule has 0 saturated carbocycles. The van der Waals surface area contributed by atoms with Gasteiger partial charge in [-0.05, 0) is 31.5 Å². The van der Waals surface area contributed by atoms with Gasteiger partial charge in [-0.2, -0.15) is 0 Å². The minimum Gasteiger partial charge on any atom is -0.330 e. The second-order valence-electron chi connectivity index (χ2n) is 3.76. The van der Waals surface area contributed by atoms with E-state index in [9.17, 15) is 13.2 Å². The Morgan fingerprint density at radius 1 is 1.17 bits per heavy atom. The van der Waals surface area contributed by atoms with Gasteiger partial charge in [0.2, 0.25) is 0 Å². The highest BCUT2D eigenvalue weighted by Crippen LogP contribution is 2.28. The van der Waals surface area contributed by atoms with Crippen molar-refractivity contribution in [1.29, 1.82) is 0 Å². The molecule has 1 aromatic carbocycles. The molecule has 0 aliphatic heterocycles. The summed E-state index contributed by atoms with van der Waals surface area (Å²) in [6.07, 6.45) is 1.47. The third-order valence-electron chi connectivity index (χ3n) is 2.45. The monoisotopic (exact) mass is 272 g/mol. The molecule has 0 spiro atoms. The summed E-state index contributed by atoms with van der Waals surface area (Å²) < 4.78 is 39.4. The minimum atomic E-state index is -1.47. The molecule has 0 saturated heterocycles.